The summed E-state index contributed by atoms with van der Waals surface area (Å²) in [5, 5.41) is 3.43. The van der Waals surface area contributed by atoms with E-state index in [0.717, 1.165) is 5.56 Å². The fourth-order valence-corrected chi connectivity index (χ4v) is 3.75. The molecule has 2 aliphatic rings. The lowest BCUT2D eigenvalue weighted by Crippen LogP contribution is -2.46. The molecule has 0 unspecified atom stereocenters. The molecule has 1 fully saturated rings. The summed E-state index contributed by atoms with van der Waals surface area (Å²) in [6.45, 7) is 1.04. The number of carbonyl (C=O) groups is 2. The minimum atomic E-state index is -0.597. The molecule has 2 aliphatic heterocycles. The third-order valence-electron chi connectivity index (χ3n) is 4.86. The standard InChI is InChI=1S/C19H17ClN2O3/c20-13-4-3-5-14(12-13)21-18(24)22-10-8-19(9-11-22)16-7-2-1-6-15(16)17(23)25-19/h1-7,12H,8-11H2,(H,21,24). The van der Waals surface area contributed by atoms with Gasteiger partial charge < -0.3 is 15.0 Å². The number of benzene rings is 2. The van der Waals surface area contributed by atoms with Gasteiger partial charge in [-0.25, -0.2) is 9.59 Å². The van der Waals surface area contributed by atoms with Gasteiger partial charge in [0.05, 0.1) is 5.56 Å². The van der Waals surface area contributed by atoms with Crippen LogP contribution in [-0.2, 0) is 10.3 Å². The number of nitrogens with one attached hydrogen (secondary N) is 1. The minimum Gasteiger partial charge on any atom is -0.450 e. The van der Waals surface area contributed by atoms with Gasteiger partial charge in [0.2, 0.25) is 0 Å². The van der Waals surface area contributed by atoms with Gasteiger partial charge in [0.1, 0.15) is 5.60 Å². The molecule has 0 saturated carbocycles. The molecule has 1 N–H and O–H groups in total. The molecule has 128 valence electrons. The molecular weight excluding hydrogens is 340 g/mol. The number of anilines is 1. The summed E-state index contributed by atoms with van der Waals surface area (Å²) in [7, 11) is 0. The number of piperidine rings is 1. The molecule has 2 heterocycles. The van der Waals surface area contributed by atoms with Crippen LogP contribution < -0.4 is 5.32 Å². The first-order chi connectivity index (χ1) is 12.1. The fraction of sp³-hybridized carbons (Fsp3) is 0.263. The van der Waals surface area contributed by atoms with Gasteiger partial charge in [-0.2, -0.15) is 0 Å². The summed E-state index contributed by atoms with van der Waals surface area (Å²) >= 11 is 5.94. The van der Waals surface area contributed by atoms with Crippen LogP contribution >= 0.6 is 11.6 Å². The first-order valence-electron chi connectivity index (χ1n) is 8.22. The van der Waals surface area contributed by atoms with Crippen LogP contribution in [0.2, 0.25) is 5.02 Å². The van der Waals surface area contributed by atoms with Gasteiger partial charge in [0.15, 0.2) is 0 Å². The molecule has 4 rings (SSSR count). The van der Waals surface area contributed by atoms with Crippen LogP contribution in [0.5, 0.6) is 0 Å². The zero-order chi connectivity index (χ0) is 17.4. The lowest BCUT2D eigenvalue weighted by atomic mass is 9.84. The van der Waals surface area contributed by atoms with Crippen LogP contribution in [0, 0.1) is 0 Å². The number of fused-ring (bicyclic) bond motifs is 2. The summed E-state index contributed by atoms with van der Waals surface area (Å²) in [5.41, 5.74) is 1.64. The van der Waals surface area contributed by atoms with E-state index in [2.05, 4.69) is 5.32 Å². The van der Waals surface area contributed by atoms with Crippen LogP contribution in [-0.4, -0.2) is 30.0 Å². The van der Waals surface area contributed by atoms with Gasteiger partial charge in [0, 0.05) is 42.2 Å². The maximum atomic E-state index is 12.5. The van der Waals surface area contributed by atoms with Crippen molar-refractivity contribution >= 4 is 29.3 Å². The first-order valence-corrected chi connectivity index (χ1v) is 8.60. The predicted octanol–water partition coefficient (Wildman–Crippen LogP) is 4.03. The van der Waals surface area contributed by atoms with Crippen molar-refractivity contribution in [3.8, 4) is 0 Å². The second-order valence-electron chi connectivity index (χ2n) is 6.36. The lowest BCUT2D eigenvalue weighted by molar-refractivity contribution is -0.0363. The molecule has 2 amide bonds. The number of urea groups is 1. The molecule has 2 aromatic carbocycles. The number of rotatable bonds is 1. The van der Waals surface area contributed by atoms with Crippen LogP contribution in [0.3, 0.4) is 0 Å². The maximum absolute atomic E-state index is 12.5. The van der Waals surface area contributed by atoms with Crippen LogP contribution in [0.25, 0.3) is 0 Å². The largest absolute Gasteiger partial charge is 0.450 e. The average Bonchev–Trinajstić information content (AvgIpc) is 2.88. The Bertz CT molecular complexity index is 844. The van der Waals surface area contributed by atoms with Crippen molar-refractivity contribution in [3.63, 3.8) is 0 Å². The van der Waals surface area contributed by atoms with Crippen molar-refractivity contribution in [3.05, 3.63) is 64.7 Å². The normalized spacial score (nSPS) is 18.0. The van der Waals surface area contributed by atoms with E-state index in [1.165, 1.54) is 0 Å². The number of hydrogen-bond acceptors (Lipinski definition) is 3. The van der Waals surface area contributed by atoms with Crippen LogP contribution in [0.4, 0.5) is 10.5 Å². The highest BCUT2D eigenvalue weighted by Gasteiger charge is 2.47. The molecule has 1 saturated heterocycles. The number of likely N-dealkylation sites (tertiary alicyclic amines) is 1. The Hall–Kier alpha value is -2.53. The van der Waals surface area contributed by atoms with Crippen molar-refractivity contribution in [2.24, 2.45) is 0 Å². The fourth-order valence-electron chi connectivity index (χ4n) is 3.56. The van der Waals surface area contributed by atoms with E-state index in [1.807, 2.05) is 18.2 Å². The third kappa shape index (κ3) is 2.85. The average molecular weight is 357 g/mol. The van der Waals surface area contributed by atoms with Gasteiger partial charge in [0.25, 0.3) is 0 Å². The molecule has 25 heavy (non-hydrogen) atoms. The number of esters is 1. The van der Waals surface area contributed by atoms with E-state index in [4.69, 9.17) is 16.3 Å². The van der Waals surface area contributed by atoms with E-state index in [0.29, 0.717) is 42.2 Å². The monoisotopic (exact) mass is 356 g/mol. The van der Waals surface area contributed by atoms with Gasteiger partial charge in [-0.1, -0.05) is 35.9 Å². The highest BCUT2D eigenvalue weighted by atomic mass is 35.5. The summed E-state index contributed by atoms with van der Waals surface area (Å²) in [6.07, 6.45) is 1.19. The number of amides is 2. The van der Waals surface area contributed by atoms with Crippen molar-refractivity contribution in [1.29, 1.82) is 0 Å². The van der Waals surface area contributed by atoms with Gasteiger partial charge in [-0.15, -0.1) is 0 Å². The van der Waals surface area contributed by atoms with Gasteiger partial charge >= 0.3 is 12.0 Å². The van der Waals surface area contributed by atoms with Gasteiger partial charge in [-0.3, -0.25) is 0 Å². The van der Waals surface area contributed by atoms with Crippen molar-refractivity contribution < 1.29 is 14.3 Å². The Morgan fingerprint density at radius 3 is 2.64 bits per heavy atom. The molecule has 2 aromatic rings. The molecule has 5 nitrogen and oxygen atoms in total. The molecule has 0 atom stereocenters. The smallest absolute Gasteiger partial charge is 0.339 e. The van der Waals surface area contributed by atoms with Gasteiger partial charge in [-0.05, 0) is 24.3 Å². The topological polar surface area (TPSA) is 58.6 Å². The van der Waals surface area contributed by atoms with Crippen molar-refractivity contribution in [2.45, 2.75) is 18.4 Å². The number of ether oxygens (including phenoxy) is 1. The molecule has 6 heteroatoms. The predicted molar refractivity (Wildman–Crippen MR) is 94.8 cm³/mol. The number of hydrogen-bond donors (Lipinski definition) is 1. The minimum absolute atomic E-state index is 0.172. The molecule has 0 aromatic heterocycles. The van der Waals surface area contributed by atoms with Crippen molar-refractivity contribution in [2.75, 3.05) is 18.4 Å². The first kappa shape index (κ1) is 16.0. The molecular formula is C19H17ClN2O3. The van der Waals surface area contributed by atoms with Crippen LogP contribution in [0.1, 0.15) is 28.8 Å². The lowest BCUT2D eigenvalue weighted by Gasteiger charge is -2.38. The quantitative estimate of drug-likeness (QED) is 0.785. The van der Waals surface area contributed by atoms with E-state index >= 15 is 0 Å². The zero-order valence-corrected chi connectivity index (χ0v) is 14.3. The van der Waals surface area contributed by atoms with E-state index in [-0.39, 0.29) is 12.0 Å². The number of carbonyl (C=O) groups excluding carboxylic acids is 2. The molecule has 1 spiro atoms. The Balaban J connectivity index is 1.45. The third-order valence-corrected chi connectivity index (χ3v) is 5.10. The maximum Gasteiger partial charge on any atom is 0.339 e. The summed E-state index contributed by atoms with van der Waals surface area (Å²) in [4.78, 5) is 26.3. The summed E-state index contributed by atoms with van der Waals surface area (Å²) in [5.74, 6) is -0.271. The van der Waals surface area contributed by atoms with Crippen LogP contribution in [0.15, 0.2) is 48.5 Å². The highest BCUT2D eigenvalue weighted by Crippen LogP contribution is 2.43. The molecule has 0 bridgehead atoms. The number of halogens is 1. The molecule has 0 radical (unpaired) electrons. The number of nitrogens with zero attached hydrogens (tertiary/aromatic N) is 1. The second kappa shape index (κ2) is 6.08. The zero-order valence-electron chi connectivity index (χ0n) is 13.5. The van der Waals surface area contributed by atoms with E-state index in [9.17, 15) is 9.59 Å². The summed E-state index contributed by atoms with van der Waals surface area (Å²) in [6, 6.07) is 14.4. The van der Waals surface area contributed by atoms with E-state index in [1.54, 1.807) is 35.2 Å². The Morgan fingerprint density at radius 2 is 1.88 bits per heavy atom. The highest BCUT2D eigenvalue weighted by molar-refractivity contribution is 6.30. The SMILES string of the molecule is O=C1OC2(CCN(C(=O)Nc3cccc(Cl)c3)CC2)c2ccccc21. The Labute approximate surface area is 150 Å². The Kier molecular flexibility index (Phi) is 3.88. The summed E-state index contributed by atoms with van der Waals surface area (Å²) < 4.78 is 5.71. The molecule has 0 aliphatic carbocycles. The Morgan fingerprint density at radius 1 is 1.12 bits per heavy atom. The van der Waals surface area contributed by atoms with E-state index < -0.39 is 5.60 Å². The van der Waals surface area contributed by atoms with Crippen molar-refractivity contribution in [1.82, 2.24) is 4.90 Å². The second-order valence-corrected chi connectivity index (χ2v) is 6.79.